The summed E-state index contributed by atoms with van der Waals surface area (Å²) in [7, 11) is 0. The minimum absolute atomic E-state index is 0.195. The van der Waals surface area contributed by atoms with Crippen LogP contribution in [-0.4, -0.2) is 25.7 Å². The van der Waals surface area contributed by atoms with Gasteiger partial charge in [-0.15, -0.1) is 0 Å². The van der Waals surface area contributed by atoms with Gasteiger partial charge in [-0.05, 0) is 19.9 Å². The normalized spacial score (nSPS) is 14.2. The molecule has 3 rings (SSSR count). The zero-order chi connectivity index (χ0) is 12.0. The molecule has 2 aromatic rings. The fraction of sp³-hybridized carbons (Fsp3) is 0.273. The van der Waals surface area contributed by atoms with Crippen molar-refractivity contribution >= 4 is 28.8 Å². The van der Waals surface area contributed by atoms with Crippen molar-refractivity contribution in [3.63, 3.8) is 0 Å². The molecule has 3 heterocycles. The van der Waals surface area contributed by atoms with E-state index >= 15 is 0 Å². The smallest absolute Gasteiger partial charge is 0.249 e. The van der Waals surface area contributed by atoms with Crippen molar-refractivity contribution in [3.8, 4) is 0 Å². The highest BCUT2D eigenvalue weighted by Gasteiger charge is 2.19. The first kappa shape index (κ1) is 9.95. The monoisotopic (exact) mass is 229 g/mol. The number of aromatic nitrogens is 4. The zero-order valence-corrected chi connectivity index (χ0v) is 9.51. The van der Waals surface area contributed by atoms with Gasteiger partial charge in [0.15, 0.2) is 5.65 Å². The Balaban J connectivity index is 2.39. The molecule has 86 valence electrons. The van der Waals surface area contributed by atoms with E-state index in [0.717, 1.165) is 16.7 Å². The molecular formula is C11H11N5O. The number of rotatable bonds is 1. The summed E-state index contributed by atoms with van der Waals surface area (Å²) >= 11 is 0. The van der Waals surface area contributed by atoms with Gasteiger partial charge in [0.2, 0.25) is 5.91 Å². The van der Waals surface area contributed by atoms with E-state index in [4.69, 9.17) is 0 Å². The molecule has 1 N–H and O–H groups in total. The summed E-state index contributed by atoms with van der Waals surface area (Å²) in [5.41, 5.74) is 1.47. The zero-order valence-electron chi connectivity index (χ0n) is 9.51. The van der Waals surface area contributed by atoms with E-state index in [9.17, 15) is 4.79 Å². The van der Waals surface area contributed by atoms with Gasteiger partial charge >= 0.3 is 0 Å². The van der Waals surface area contributed by atoms with Crippen molar-refractivity contribution in [1.29, 1.82) is 0 Å². The Hall–Kier alpha value is -2.24. The predicted octanol–water partition coefficient (Wildman–Crippen LogP) is 1.37. The maximum absolute atomic E-state index is 11.4. The van der Waals surface area contributed by atoms with Crippen LogP contribution in [0.25, 0.3) is 17.1 Å². The first-order valence-electron chi connectivity index (χ1n) is 5.39. The number of anilines is 1. The molecule has 0 atom stereocenters. The molecule has 0 aromatic carbocycles. The fourth-order valence-electron chi connectivity index (χ4n) is 1.88. The third kappa shape index (κ3) is 1.41. The minimum atomic E-state index is -0.195. The molecule has 0 radical (unpaired) electrons. The Labute approximate surface area is 97.4 Å². The molecule has 2 aromatic heterocycles. The molecule has 0 unspecified atom stereocenters. The predicted molar refractivity (Wildman–Crippen MR) is 63.4 cm³/mol. The highest BCUT2D eigenvalue weighted by atomic mass is 16.1. The number of amides is 1. The molecule has 0 bridgehead atoms. The minimum Gasteiger partial charge on any atom is -0.306 e. The van der Waals surface area contributed by atoms with Gasteiger partial charge in [0, 0.05) is 12.1 Å². The molecule has 1 aliphatic rings. The van der Waals surface area contributed by atoms with Crippen LogP contribution < -0.4 is 5.32 Å². The molecule has 6 heteroatoms. The van der Waals surface area contributed by atoms with Crippen LogP contribution in [0.4, 0.5) is 5.82 Å². The number of hydrogen-bond donors (Lipinski definition) is 1. The van der Waals surface area contributed by atoms with E-state index in [0.29, 0.717) is 5.82 Å². The maximum atomic E-state index is 11.4. The van der Waals surface area contributed by atoms with Gasteiger partial charge in [0.25, 0.3) is 0 Å². The summed E-state index contributed by atoms with van der Waals surface area (Å²) in [6.45, 7) is 4.07. The Morgan fingerprint density at radius 1 is 1.29 bits per heavy atom. The third-order valence-electron chi connectivity index (χ3n) is 2.64. The van der Waals surface area contributed by atoms with Crippen molar-refractivity contribution in [2.45, 2.75) is 19.9 Å². The molecule has 6 nitrogen and oxygen atoms in total. The van der Waals surface area contributed by atoms with Crippen molar-refractivity contribution in [2.75, 3.05) is 5.32 Å². The van der Waals surface area contributed by atoms with Crippen LogP contribution in [0, 0.1) is 0 Å². The fourth-order valence-corrected chi connectivity index (χ4v) is 1.88. The molecule has 0 fully saturated rings. The maximum Gasteiger partial charge on any atom is 0.249 e. The lowest BCUT2D eigenvalue weighted by Gasteiger charge is -2.06. The van der Waals surface area contributed by atoms with Gasteiger partial charge in [-0.3, -0.25) is 4.79 Å². The van der Waals surface area contributed by atoms with E-state index in [1.165, 1.54) is 12.4 Å². The standard InChI is InChI=1S/C11H11N5O/c1-6(2)16-11-9-7(15-16)3-4-8(17)14-10(9)12-5-13-11/h3-6H,1-2H3,(H,12,13,14,17). The average Bonchev–Trinajstić information content (AvgIpc) is 2.58. The average molecular weight is 229 g/mol. The number of carbonyl (C=O) groups is 1. The van der Waals surface area contributed by atoms with Crippen LogP contribution in [0.1, 0.15) is 25.6 Å². The Morgan fingerprint density at radius 3 is 2.88 bits per heavy atom. The Bertz CT molecular complexity index is 641. The lowest BCUT2D eigenvalue weighted by molar-refractivity contribution is -0.111. The van der Waals surface area contributed by atoms with Crippen LogP contribution in [0.2, 0.25) is 0 Å². The molecule has 0 saturated carbocycles. The van der Waals surface area contributed by atoms with Crippen LogP contribution in [0.15, 0.2) is 12.4 Å². The lowest BCUT2D eigenvalue weighted by Crippen LogP contribution is -2.09. The van der Waals surface area contributed by atoms with E-state index in [-0.39, 0.29) is 11.9 Å². The first-order valence-corrected chi connectivity index (χ1v) is 5.39. The summed E-state index contributed by atoms with van der Waals surface area (Å²) in [5, 5.41) is 7.95. The summed E-state index contributed by atoms with van der Waals surface area (Å²) in [6, 6.07) is 0.206. The second-order valence-electron chi connectivity index (χ2n) is 4.17. The van der Waals surface area contributed by atoms with Gasteiger partial charge in [-0.2, -0.15) is 5.10 Å². The Morgan fingerprint density at radius 2 is 2.12 bits per heavy atom. The van der Waals surface area contributed by atoms with E-state index < -0.39 is 0 Å². The molecule has 1 aliphatic heterocycles. The first-order chi connectivity index (χ1) is 8.16. The SMILES string of the molecule is CC(C)n1nc2c3c(ncnc31)NC(=O)C=C2. The van der Waals surface area contributed by atoms with Gasteiger partial charge < -0.3 is 5.32 Å². The molecule has 0 saturated heterocycles. The van der Waals surface area contributed by atoms with Crippen molar-refractivity contribution in [3.05, 3.63) is 18.1 Å². The second-order valence-corrected chi connectivity index (χ2v) is 4.17. The summed E-state index contributed by atoms with van der Waals surface area (Å²) < 4.78 is 1.83. The van der Waals surface area contributed by atoms with Crippen LogP contribution in [-0.2, 0) is 4.79 Å². The van der Waals surface area contributed by atoms with Gasteiger partial charge in [-0.1, -0.05) is 0 Å². The van der Waals surface area contributed by atoms with Crippen molar-refractivity contribution in [2.24, 2.45) is 0 Å². The largest absolute Gasteiger partial charge is 0.306 e. The summed E-state index contributed by atoms with van der Waals surface area (Å²) in [6.07, 6.45) is 4.58. The third-order valence-corrected chi connectivity index (χ3v) is 2.64. The second kappa shape index (κ2) is 3.38. The number of nitrogens with one attached hydrogen (secondary N) is 1. The van der Waals surface area contributed by atoms with E-state index in [2.05, 4.69) is 20.4 Å². The molecule has 0 aliphatic carbocycles. The van der Waals surface area contributed by atoms with Crippen molar-refractivity contribution in [1.82, 2.24) is 19.7 Å². The van der Waals surface area contributed by atoms with Gasteiger partial charge in [0.05, 0.1) is 11.1 Å². The highest BCUT2D eigenvalue weighted by molar-refractivity contribution is 6.10. The van der Waals surface area contributed by atoms with Crippen LogP contribution >= 0.6 is 0 Å². The molecule has 17 heavy (non-hydrogen) atoms. The summed E-state index contributed by atoms with van der Waals surface area (Å²) in [4.78, 5) is 19.7. The quantitative estimate of drug-likeness (QED) is 0.801. The lowest BCUT2D eigenvalue weighted by atomic mass is 10.3. The van der Waals surface area contributed by atoms with Gasteiger partial charge in [-0.25, -0.2) is 14.6 Å². The number of hydrogen-bond acceptors (Lipinski definition) is 4. The van der Waals surface area contributed by atoms with E-state index in [1.807, 2.05) is 18.5 Å². The van der Waals surface area contributed by atoms with Gasteiger partial charge in [0.1, 0.15) is 12.1 Å². The molecule has 1 amide bonds. The van der Waals surface area contributed by atoms with Crippen LogP contribution in [0.3, 0.4) is 0 Å². The van der Waals surface area contributed by atoms with Crippen LogP contribution in [0.5, 0.6) is 0 Å². The molecule has 0 spiro atoms. The highest BCUT2D eigenvalue weighted by Crippen LogP contribution is 2.27. The number of nitrogens with zero attached hydrogens (tertiary/aromatic N) is 4. The molecular weight excluding hydrogens is 218 g/mol. The topological polar surface area (TPSA) is 72.7 Å². The van der Waals surface area contributed by atoms with E-state index in [1.54, 1.807) is 6.08 Å². The summed E-state index contributed by atoms with van der Waals surface area (Å²) in [5.74, 6) is 0.325. The number of carbonyl (C=O) groups excluding carboxylic acids is 1. The van der Waals surface area contributed by atoms with Crippen molar-refractivity contribution < 1.29 is 4.79 Å². The Kier molecular flexibility index (Phi) is 1.98.